The van der Waals surface area contributed by atoms with E-state index in [-0.39, 0.29) is 18.3 Å². The zero-order chi connectivity index (χ0) is 9.71. The molecule has 3 atom stereocenters. The monoisotopic (exact) mass is 187 g/mol. The van der Waals surface area contributed by atoms with Crippen LogP contribution in [-0.2, 0) is 4.74 Å². The molecule has 2 heterocycles. The average molecular weight is 187 g/mol. The van der Waals surface area contributed by atoms with Gasteiger partial charge in [-0.05, 0) is 25.1 Å². The van der Waals surface area contributed by atoms with Crippen LogP contribution in [0.4, 0.5) is 0 Å². The molecule has 70 valence electrons. The van der Waals surface area contributed by atoms with Gasteiger partial charge in [-0.25, -0.2) is 0 Å². The number of fused-ring (bicyclic) bond motifs is 3. The van der Waals surface area contributed by atoms with Crippen molar-refractivity contribution in [3.8, 4) is 11.8 Å². The number of ether oxygens (including phenoxy) is 2. The third-order valence-electron chi connectivity index (χ3n) is 2.75. The zero-order valence-corrected chi connectivity index (χ0v) is 7.73. The maximum absolute atomic E-state index is 8.76. The van der Waals surface area contributed by atoms with E-state index < -0.39 is 0 Å². The second-order valence-corrected chi connectivity index (χ2v) is 3.71. The largest absolute Gasteiger partial charge is 0.487 e. The molecule has 0 bridgehead atoms. The van der Waals surface area contributed by atoms with E-state index in [2.05, 4.69) is 6.07 Å². The second kappa shape index (κ2) is 2.49. The van der Waals surface area contributed by atoms with Crippen LogP contribution < -0.4 is 4.74 Å². The van der Waals surface area contributed by atoms with Crippen molar-refractivity contribution in [3.63, 3.8) is 0 Å². The molecular formula is C11H9NO2. The van der Waals surface area contributed by atoms with Crippen LogP contribution in [0.3, 0.4) is 0 Å². The number of nitrogens with zero attached hydrogens (tertiary/aromatic N) is 1. The fourth-order valence-corrected chi connectivity index (χ4v) is 1.95. The van der Waals surface area contributed by atoms with Gasteiger partial charge in [0.15, 0.2) is 0 Å². The molecule has 2 aliphatic heterocycles. The quantitative estimate of drug-likeness (QED) is 0.581. The minimum absolute atomic E-state index is 0.125. The summed E-state index contributed by atoms with van der Waals surface area (Å²) in [4.78, 5) is 0. The minimum atomic E-state index is 0.125. The van der Waals surface area contributed by atoms with Crippen molar-refractivity contribution in [2.24, 2.45) is 0 Å². The Hall–Kier alpha value is -1.53. The Balaban J connectivity index is 2.09. The highest BCUT2D eigenvalue weighted by molar-refractivity contribution is 5.46. The smallest absolute Gasteiger partial charge is 0.125 e. The average Bonchev–Trinajstić information content (AvgIpc) is 2.98. The lowest BCUT2D eigenvalue weighted by atomic mass is 10.0. The number of hydrogen-bond donors (Lipinski definition) is 0. The maximum atomic E-state index is 8.76. The molecule has 3 heteroatoms. The molecule has 1 aromatic rings. The van der Waals surface area contributed by atoms with Gasteiger partial charge in [0.25, 0.3) is 0 Å². The van der Waals surface area contributed by atoms with E-state index in [1.54, 1.807) is 6.07 Å². The maximum Gasteiger partial charge on any atom is 0.125 e. The number of hydrogen-bond acceptors (Lipinski definition) is 3. The lowest BCUT2D eigenvalue weighted by Crippen LogP contribution is -2.23. The molecule has 0 unspecified atom stereocenters. The molecule has 0 saturated carbocycles. The van der Waals surface area contributed by atoms with Crippen molar-refractivity contribution < 1.29 is 9.47 Å². The number of rotatable bonds is 0. The van der Waals surface area contributed by atoms with E-state index in [9.17, 15) is 0 Å². The summed E-state index contributed by atoms with van der Waals surface area (Å²) in [5.74, 6) is 0.857. The molecule has 1 aromatic carbocycles. The number of epoxide rings is 1. The summed E-state index contributed by atoms with van der Waals surface area (Å²) in [6, 6.07) is 7.59. The first-order valence-corrected chi connectivity index (χ1v) is 4.66. The first-order valence-electron chi connectivity index (χ1n) is 4.66. The van der Waals surface area contributed by atoms with E-state index in [0.717, 1.165) is 11.3 Å². The second-order valence-electron chi connectivity index (χ2n) is 3.71. The lowest BCUT2D eigenvalue weighted by Gasteiger charge is -2.19. The van der Waals surface area contributed by atoms with Gasteiger partial charge in [0.2, 0.25) is 0 Å². The van der Waals surface area contributed by atoms with Gasteiger partial charge in [-0.3, -0.25) is 0 Å². The fraction of sp³-hybridized carbons (Fsp3) is 0.364. The highest BCUT2D eigenvalue weighted by atomic mass is 16.6. The molecule has 0 amide bonds. The SMILES string of the molecule is C[C@H]1Oc2ccc(C#N)cc2[C@@H]2O[C@H]12. The summed E-state index contributed by atoms with van der Waals surface area (Å²) < 4.78 is 11.1. The highest BCUT2D eigenvalue weighted by Gasteiger charge is 2.50. The Kier molecular flexibility index (Phi) is 1.39. The van der Waals surface area contributed by atoms with Crippen LogP contribution in [-0.4, -0.2) is 12.2 Å². The Bertz CT molecular complexity index is 435. The Morgan fingerprint density at radius 3 is 3.07 bits per heavy atom. The summed E-state index contributed by atoms with van der Waals surface area (Å²) >= 11 is 0. The van der Waals surface area contributed by atoms with Crippen LogP contribution in [0, 0.1) is 11.3 Å². The Labute approximate surface area is 81.9 Å². The zero-order valence-electron chi connectivity index (χ0n) is 7.73. The summed E-state index contributed by atoms with van der Waals surface area (Å²) in [7, 11) is 0. The van der Waals surface area contributed by atoms with Gasteiger partial charge >= 0.3 is 0 Å². The molecule has 0 aromatic heterocycles. The highest BCUT2D eigenvalue weighted by Crippen LogP contribution is 2.49. The van der Waals surface area contributed by atoms with E-state index in [4.69, 9.17) is 14.7 Å². The lowest BCUT2D eigenvalue weighted by molar-refractivity contribution is 0.177. The van der Waals surface area contributed by atoms with Crippen molar-refractivity contribution >= 4 is 0 Å². The Morgan fingerprint density at radius 1 is 1.43 bits per heavy atom. The summed E-state index contributed by atoms with van der Waals surface area (Å²) in [5.41, 5.74) is 1.68. The van der Waals surface area contributed by atoms with Crippen molar-refractivity contribution in [1.29, 1.82) is 5.26 Å². The van der Waals surface area contributed by atoms with Gasteiger partial charge in [0.1, 0.15) is 24.1 Å². The van der Waals surface area contributed by atoms with Gasteiger partial charge in [0.05, 0.1) is 11.6 Å². The van der Waals surface area contributed by atoms with Crippen LogP contribution in [0.1, 0.15) is 24.2 Å². The van der Waals surface area contributed by atoms with Crippen molar-refractivity contribution in [3.05, 3.63) is 29.3 Å². The van der Waals surface area contributed by atoms with Gasteiger partial charge in [0, 0.05) is 5.56 Å². The van der Waals surface area contributed by atoms with E-state index in [1.807, 2.05) is 19.1 Å². The predicted octanol–water partition coefficient (Wildman–Crippen LogP) is 1.78. The molecular weight excluding hydrogens is 178 g/mol. The molecule has 0 spiro atoms. The first kappa shape index (κ1) is 7.84. The fourth-order valence-electron chi connectivity index (χ4n) is 1.95. The van der Waals surface area contributed by atoms with Gasteiger partial charge in [-0.1, -0.05) is 0 Å². The van der Waals surface area contributed by atoms with E-state index >= 15 is 0 Å². The molecule has 0 radical (unpaired) electrons. The third kappa shape index (κ3) is 0.948. The predicted molar refractivity (Wildman–Crippen MR) is 48.9 cm³/mol. The molecule has 1 saturated heterocycles. The van der Waals surface area contributed by atoms with E-state index in [0.29, 0.717) is 5.56 Å². The normalized spacial score (nSPS) is 32.1. The molecule has 14 heavy (non-hydrogen) atoms. The topological polar surface area (TPSA) is 45.5 Å². The third-order valence-corrected chi connectivity index (χ3v) is 2.75. The van der Waals surface area contributed by atoms with Crippen molar-refractivity contribution in [1.82, 2.24) is 0 Å². The summed E-state index contributed by atoms with van der Waals surface area (Å²) in [6.45, 7) is 2.01. The Morgan fingerprint density at radius 2 is 2.29 bits per heavy atom. The van der Waals surface area contributed by atoms with Crippen LogP contribution in [0.25, 0.3) is 0 Å². The van der Waals surface area contributed by atoms with Crippen LogP contribution >= 0.6 is 0 Å². The molecule has 3 nitrogen and oxygen atoms in total. The molecule has 0 N–H and O–H groups in total. The minimum Gasteiger partial charge on any atom is -0.487 e. The molecule has 1 fully saturated rings. The van der Waals surface area contributed by atoms with Gasteiger partial charge in [-0.15, -0.1) is 0 Å². The van der Waals surface area contributed by atoms with Gasteiger partial charge in [-0.2, -0.15) is 5.26 Å². The van der Waals surface area contributed by atoms with E-state index in [1.165, 1.54) is 0 Å². The molecule has 0 aliphatic carbocycles. The van der Waals surface area contributed by atoms with Crippen LogP contribution in [0.15, 0.2) is 18.2 Å². The molecule has 2 aliphatic rings. The standard InChI is InChI=1S/C11H9NO2/c1-6-10-11(14-10)8-4-7(5-12)2-3-9(8)13-6/h2-4,6,10-11H,1H3/t6-,10-,11+/m1/s1. The van der Waals surface area contributed by atoms with Crippen molar-refractivity contribution in [2.45, 2.75) is 25.2 Å². The number of benzene rings is 1. The summed E-state index contributed by atoms with van der Waals surface area (Å²) in [5, 5.41) is 8.76. The van der Waals surface area contributed by atoms with Crippen LogP contribution in [0.5, 0.6) is 5.75 Å². The first-order chi connectivity index (χ1) is 6.79. The van der Waals surface area contributed by atoms with Gasteiger partial charge < -0.3 is 9.47 Å². The summed E-state index contributed by atoms with van der Waals surface area (Å²) in [6.07, 6.45) is 0.471. The number of nitriles is 1. The van der Waals surface area contributed by atoms with Crippen molar-refractivity contribution in [2.75, 3.05) is 0 Å². The molecule has 3 rings (SSSR count). The van der Waals surface area contributed by atoms with Crippen LogP contribution in [0.2, 0.25) is 0 Å².